The van der Waals surface area contributed by atoms with Crippen LogP contribution in [0.25, 0.3) is 6.08 Å². The fraction of sp³-hybridized carbons (Fsp3) is 0.118. The second-order valence-corrected chi connectivity index (χ2v) is 6.94. The van der Waals surface area contributed by atoms with Crippen LogP contribution in [-0.4, -0.2) is 8.42 Å². The van der Waals surface area contributed by atoms with Crippen molar-refractivity contribution in [3.8, 4) is 6.07 Å². The molecule has 0 atom stereocenters. The van der Waals surface area contributed by atoms with Crippen LogP contribution in [0, 0.1) is 18.3 Å². The molecule has 3 nitrogen and oxygen atoms in total. The largest absolute Gasteiger partial charge is 0.416 e. The molecule has 0 aliphatic rings. The van der Waals surface area contributed by atoms with Crippen molar-refractivity contribution in [2.24, 2.45) is 0 Å². The molecule has 0 amide bonds. The Hall–Kier alpha value is -2.59. The number of alkyl halides is 3. The molecule has 0 radical (unpaired) electrons. The van der Waals surface area contributed by atoms with E-state index >= 15 is 0 Å². The second-order valence-electron chi connectivity index (χ2n) is 5.02. The zero-order valence-corrected chi connectivity index (χ0v) is 13.3. The minimum atomic E-state index is -4.65. The fourth-order valence-corrected chi connectivity index (χ4v) is 3.19. The maximum atomic E-state index is 13.0. The average molecular weight is 351 g/mol. The van der Waals surface area contributed by atoms with Gasteiger partial charge in [0.2, 0.25) is 9.84 Å². The summed E-state index contributed by atoms with van der Waals surface area (Å²) < 4.78 is 64.0. The topological polar surface area (TPSA) is 57.9 Å². The zero-order valence-electron chi connectivity index (χ0n) is 12.5. The number of hydrogen-bond acceptors (Lipinski definition) is 3. The Bertz CT molecular complexity index is 922. The van der Waals surface area contributed by atoms with E-state index in [0.29, 0.717) is 0 Å². The molecule has 0 N–H and O–H groups in total. The molecule has 0 bridgehead atoms. The summed E-state index contributed by atoms with van der Waals surface area (Å²) in [6.45, 7) is 1.76. The van der Waals surface area contributed by atoms with Crippen molar-refractivity contribution < 1.29 is 21.6 Å². The number of nitrogens with zero attached hydrogens (tertiary/aromatic N) is 1. The molecule has 0 unspecified atom stereocenters. The fourth-order valence-electron chi connectivity index (χ4n) is 2.04. The molecule has 0 heterocycles. The SMILES string of the molecule is Cc1ccc(S(=O)(=O)C(C#N)=Cc2ccccc2C(F)(F)F)cc1. The minimum Gasteiger partial charge on any atom is -0.218 e. The lowest BCUT2D eigenvalue weighted by Gasteiger charge is -2.10. The minimum absolute atomic E-state index is 0.148. The Labute approximate surface area is 137 Å². The van der Waals surface area contributed by atoms with Crippen LogP contribution >= 0.6 is 0 Å². The third-order valence-electron chi connectivity index (χ3n) is 3.28. The molecule has 7 heteroatoms. The van der Waals surface area contributed by atoms with E-state index < -0.39 is 26.5 Å². The number of rotatable bonds is 3. The van der Waals surface area contributed by atoms with E-state index in [1.54, 1.807) is 19.1 Å². The maximum absolute atomic E-state index is 13.0. The highest BCUT2D eigenvalue weighted by atomic mass is 32.2. The highest BCUT2D eigenvalue weighted by Gasteiger charge is 2.33. The third-order valence-corrected chi connectivity index (χ3v) is 4.96. The quantitative estimate of drug-likeness (QED) is 0.773. The Balaban J connectivity index is 2.59. The molecule has 24 heavy (non-hydrogen) atoms. The van der Waals surface area contributed by atoms with Crippen LogP contribution in [-0.2, 0) is 16.0 Å². The molecule has 0 saturated heterocycles. The highest BCUT2D eigenvalue weighted by molar-refractivity contribution is 7.95. The van der Waals surface area contributed by atoms with Gasteiger partial charge in [0.05, 0.1) is 10.5 Å². The smallest absolute Gasteiger partial charge is 0.218 e. The molecule has 0 spiro atoms. The summed E-state index contributed by atoms with van der Waals surface area (Å²) >= 11 is 0. The van der Waals surface area contributed by atoms with Crippen molar-refractivity contribution in [3.63, 3.8) is 0 Å². The molecular formula is C17H12F3NO2S. The van der Waals surface area contributed by atoms with Gasteiger partial charge in [0.1, 0.15) is 11.0 Å². The Morgan fingerprint density at radius 3 is 2.21 bits per heavy atom. The predicted molar refractivity (Wildman–Crippen MR) is 83.4 cm³/mol. The van der Waals surface area contributed by atoms with E-state index in [4.69, 9.17) is 5.26 Å². The van der Waals surface area contributed by atoms with Gasteiger partial charge in [0.25, 0.3) is 0 Å². The standard InChI is InChI=1S/C17H12F3NO2S/c1-12-6-8-14(9-7-12)24(22,23)15(11-21)10-13-4-2-3-5-16(13)17(18,19)20/h2-10H,1H3. The summed E-state index contributed by atoms with van der Waals surface area (Å²) in [5.74, 6) is 0. The zero-order chi connectivity index (χ0) is 18.0. The van der Waals surface area contributed by atoms with E-state index in [1.165, 1.54) is 30.3 Å². The molecule has 0 fully saturated rings. The summed E-state index contributed by atoms with van der Waals surface area (Å²) in [4.78, 5) is -0.895. The van der Waals surface area contributed by atoms with Gasteiger partial charge in [-0.15, -0.1) is 0 Å². The molecular weight excluding hydrogens is 339 g/mol. The van der Waals surface area contributed by atoms with Gasteiger partial charge in [-0.2, -0.15) is 18.4 Å². The molecule has 0 aliphatic heterocycles. The van der Waals surface area contributed by atoms with E-state index in [0.717, 1.165) is 23.8 Å². The summed E-state index contributed by atoms with van der Waals surface area (Å²) in [6, 6.07) is 11.7. The van der Waals surface area contributed by atoms with E-state index in [9.17, 15) is 21.6 Å². The van der Waals surface area contributed by atoms with Crippen LogP contribution in [0.3, 0.4) is 0 Å². The van der Waals surface area contributed by atoms with Gasteiger partial charge in [-0.05, 0) is 36.8 Å². The van der Waals surface area contributed by atoms with Crippen LogP contribution in [0.2, 0.25) is 0 Å². The summed E-state index contributed by atoms with van der Waals surface area (Å²) in [5.41, 5.74) is -0.562. The van der Waals surface area contributed by atoms with E-state index in [-0.39, 0.29) is 10.5 Å². The van der Waals surface area contributed by atoms with E-state index in [1.807, 2.05) is 0 Å². The Morgan fingerprint density at radius 1 is 1.08 bits per heavy atom. The second kappa shape index (κ2) is 6.49. The summed E-state index contributed by atoms with van der Waals surface area (Å²) in [7, 11) is -4.20. The molecule has 0 aromatic heterocycles. The predicted octanol–water partition coefficient (Wildman–Crippen LogP) is 4.35. The van der Waals surface area contributed by atoms with Crippen molar-refractivity contribution in [2.45, 2.75) is 18.0 Å². The van der Waals surface area contributed by atoms with Gasteiger partial charge in [-0.1, -0.05) is 35.9 Å². The van der Waals surface area contributed by atoms with Crippen LogP contribution in [0.5, 0.6) is 0 Å². The van der Waals surface area contributed by atoms with Crippen molar-refractivity contribution in [2.75, 3.05) is 0 Å². The van der Waals surface area contributed by atoms with Gasteiger partial charge in [-0.3, -0.25) is 0 Å². The van der Waals surface area contributed by atoms with Crippen molar-refractivity contribution in [1.29, 1.82) is 5.26 Å². The molecule has 0 aliphatic carbocycles. The summed E-state index contributed by atoms with van der Waals surface area (Å²) in [5, 5.41) is 9.15. The molecule has 2 aromatic carbocycles. The summed E-state index contributed by atoms with van der Waals surface area (Å²) in [6.07, 6.45) is -3.90. The molecule has 2 aromatic rings. The number of halogens is 3. The van der Waals surface area contributed by atoms with Crippen LogP contribution < -0.4 is 0 Å². The first-order chi connectivity index (χ1) is 11.2. The Morgan fingerprint density at radius 2 is 1.67 bits per heavy atom. The van der Waals surface area contributed by atoms with Crippen molar-refractivity contribution in [3.05, 3.63) is 70.1 Å². The maximum Gasteiger partial charge on any atom is 0.416 e. The first kappa shape index (κ1) is 17.8. The van der Waals surface area contributed by atoms with E-state index in [2.05, 4.69) is 0 Å². The number of nitriles is 1. The van der Waals surface area contributed by atoms with Crippen molar-refractivity contribution in [1.82, 2.24) is 0 Å². The van der Waals surface area contributed by atoms with Crippen LogP contribution in [0.1, 0.15) is 16.7 Å². The first-order valence-electron chi connectivity index (χ1n) is 6.76. The number of hydrogen-bond donors (Lipinski definition) is 0. The number of benzene rings is 2. The van der Waals surface area contributed by atoms with Gasteiger partial charge in [-0.25, -0.2) is 8.42 Å². The number of allylic oxidation sites excluding steroid dienone is 1. The van der Waals surface area contributed by atoms with Gasteiger partial charge in [0.15, 0.2) is 0 Å². The lowest BCUT2D eigenvalue weighted by Crippen LogP contribution is -2.08. The Kier molecular flexibility index (Phi) is 4.81. The average Bonchev–Trinajstić information content (AvgIpc) is 2.52. The molecule has 124 valence electrons. The molecule has 2 rings (SSSR count). The third kappa shape index (κ3) is 3.66. The van der Waals surface area contributed by atoms with Crippen LogP contribution in [0.15, 0.2) is 58.3 Å². The molecule has 0 saturated carbocycles. The first-order valence-corrected chi connectivity index (χ1v) is 8.24. The van der Waals surface area contributed by atoms with Crippen molar-refractivity contribution >= 4 is 15.9 Å². The lowest BCUT2D eigenvalue weighted by molar-refractivity contribution is -0.137. The van der Waals surface area contributed by atoms with Crippen LogP contribution in [0.4, 0.5) is 13.2 Å². The monoisotopic (exact) mass is 351 g/mol. The lowest BCUT2D eigenvalue weighted by atomic mass is 10.1. The van der Waals surface area contributed by atoms with Gasteiger partial charge in [0, 0.05) is 0 Å². The normalized spacial score (nSPS) is 12.7. The van der Waals surface area contributed by atoms with Gasteiger partial charge >= 0.3 is 6.18 Å². The number of sulfone groups is 1. The number of aryl methyl sites for hydroxylation is 1. The van der Waals surface area contributed by atoms with Gasteiger partial charge < -0.3 is 0 Å². The highest BCUT2D eigenvalue weighted by Crippen LogP contribution is 2.33.